The molecule has 0 bridgehead atoms. The highest BCUT2D eigenvalue weighted by Crippen LogP contribution is 2.43. The Bertz CT molecular complexity index is 1170. The number of hydrogen-bond donors (Lipinski definition) is 2. The lowest BCUT2D eigenvalue weighted by atomic mass is 10.1. The Morgan fingerprint density at radius 1 is 0.582 bits per heavy atom. The summed E-state index contributed by atoms with van der Waals surface area (Å²) in [6.45, 7) is 3.49. The minimum Gasteiger partial charge on any atom is -0.458 e. The minimum atomic E-state index is -4.41. The molecule has 0 fully saturated rings. The molecule has 314 valence electrons. The monoisotopic (exact) mass is 790 g/mol. The third-order valence-electron chi connectivity index (χ3n) is 8.49. The standard InChI is InChI=1S/C45H76NO8P/c1-3-5-7-9-11-13-15-17-19-20-21-22-24-25-27-29-31-33-35-37-44(47)51-41-43(42-53-55(49,50)52-40-39-46)54-45(48)38-36-34-32-30-28-26-23-18-16-14-12-10-8-6-4-2/h18-25,27,29,31,33,35,37,43H,3-17,26,28,30,32,34,36,38-42,46H2,1-2H3,(H,49,50)/b20-19?,22-21?,23-18-,25-24?,29-27?,33-31?,37-35?/t43-/m1/s1. The zero-order chi connectivity index (χ0) is 40.3. The number of unbranched alkanes of at least 4 members (excludes halogenated alkanes) is 18. The van der Waals surface area contributed by atoms with Crippen LogP contribution >= 0.6 is 7.82 Å². The van der Waals surface area contributed by atoms with E-state index in [9.17, 15) is 19.0 Å². The number of nitrogens with two attached hydrogens (primary N) is 1. The normalized spacial score (nSPS) is 14.2. The van der Waals surface area contributed by atoms with Crippen molar-refractivity contribution in [3.05, 3.63) is 85.1 Å². The maximum Gasteiger partial charge on any atom is 0.472 e. The Morgan fingerprint density at radius 3 is 1.56 bits per heavy atom. The molecule has 0 spiro atoms. The second kappa shape index (κ2) is 40.8. The van der Waals surface area contributed by atoms with Crippen molar-refractivity contribution >= 4 is 19.8 Å². The fourth-order valence-corrected chi connectivity index (χ4v) is 6.11. The minimum absolute atomic E-state index is 0.0296. The van der Waals surface area contributed by atoms with Crippen LogP contribution in [0.15, 0.2) is 85.1 Å². The molecule has 0 radical (unpaired) electrons. The molecule has 0 aromatic heterocycles. The van der Waals surface area contributed by atoms with Crippen LogP contribution in [0, 0.1) is 0 Å². The lowest BCUT2D eigenvalue weighted by Crippen LogP contribution is -2.29. The van der Waals surface area contributed by atoms with Crippen molar-refractivity contribution in [2.75, 3.05) is 26.4 Å². The number of allylic oxidation sites excluding steroid dienone is 13. The first-order valence-electron chi connectivity index (χ1n) is 21.2. The molecule has 0 aromatic carbocycles. The Morgan fingerprint density at radius 2 is 1.04 bits per heavy atom. The SMILES string of the molecule is CCCCCCCC/C=C\CCCCCCCC(=O)O[C@H](COC(=O)C=CC=CC=CC=CC=CC=CCCCCCCCCC)COP(=O)(O)OCCN. The van der Waals surface area contributed by atoms with E-state index in [1.807, 2.05) is 36.5 Å². The zero-order valence-corrected chi connectivity index (χ0v) is 35.3. The van der Waals surface area contributed by atoms with Gasteiger partial charge in [-0.2, -0.15) is 0 Å². The fraction of sp³-hybridized carbons (Fsp3) is 0.644. The molecular weight excluding hydrogens is 713 g/mol. The number of esters is 2. The van der Waals surface area contributed by atoms with Crippen molar-refractivity contribution in [2.24, 2.45) is 5.73 Å². The molecule has 1 unspecified atom stereocenters. The molecule has 3 N–H and O–H groups in total. The largest absolute Gasteiger partial charge is 0.472 e. The van der Waals surface area contributed by atoms with Gasteiger partial charge in [0.15, 0.2) is 6.10 Å². The van der Waals surface area contributed by atoms with E-state index >= 15 is 0 Å². The first-order valence-corrected chi connectivity index (χ1v) is 22.7. The van der Waals surface area contributed by atoms with Crippen LogP contribution in [0.4, 0.5) is 0 Å². The summed E-state index contributed by atoms with van der Waals surface area (Å²) in [6.07, 6.45) is 51.1. The van der Waals surface area contributed by atoms with Crippen LogP contribution in [0.3, 0.4) is 0 Å². The number of phosphoric ester groups is 1. The summed E-state index contributed by atoms with van der Waals surface area (Å²) in [7, 11) is -4.41. The molecule has 0 heterocycles. The number of hydrogen-bond acceptors (Lipinski definition) is 8. The van der Waals surface area contributed by atoms with Gasteiger partial charge in [-0.1, -0.05) is 183 Å². The molecule has 0 amide bonds. The van der Waals surface area contributed by atoms with Gasteiger partial charge in [-0.05, 0) is 44.9 Å². The summed E-state index contributed by atoms with van der Waals surface area (Å²) in [5, 5.41) is 0. The lowest BCUT2D eigenvalue weighted by Gasteiger charge is -2.19. The van der Waals surface area contributed by atoms with Gasteiger partial charge in [0.1, 0.15) is 6.61 Å². The van der Waals surface area contributed by atoms with Gasteiger partial charge in [-0.25, -0.2) is 9.36 Å². The van der Waals surface area contributed by atoms with Gasteiger partial charge in [0.2, 0.25) is 0 Å². The predicted octanol–water partition coefficient (Wildman–Crippen LogP) is 12.0. The van der Waals surface area contributed by atoms with E-state index in [0.29, 0.717) is 6.42 Å². The molecule has 55 heavy (non-hydrogen) atoms. The fourth-order valence-electron chi connectivity index (χ4n) is 5.35. The maximum atomic E-state index is 12.5. The highest BCUT2D eigenvalue weighted by molar-refractivity contribution is 7.47. The van der Waals surface area contributed by atoms with Crippen molar-refractivity contribution < 1.29 is 37.6 Å². The van der Waals surface area contributed by atoms with Crippen LogP contribution in [0.2, 0.25) is 0 Å². The summed E-state index contributed by atoms with van der Waals surface area (Å²) >= 11 is 0. The summed E-state index contributed by atoms with van der Waals surface area (Å²) < 4.78 is 32.5. The molecule has 2 atom stereocenters. The van der Waals surface area contributed by atoms with Crippen LogP contribution in [-0.2, 0) is 32.7 Å². The molecule has 0 rings (SSSR count). The predicted molar refractivity (Wildman–Crippen MR) is 229 cm³/mol. The van der Waals surface area contributed by atoms with E-state index in [1.54, 1.807) is 12.2 Å². The molecule has 0 aromatic rings. The maximum absolute atomic E-state index is 12.5. The van der Waals surface area contributed by atoms with Crippen molar-refractivity contribution in [1.29, 1.82) is 0 Å². The first-order chi connectivity index (χ1) is 26.8. The van der Waals surface area contributed by atoms with E-state index in [2.05, 4.69) is 38.2 Å². The van der Waals surface area contributed by atoms with E-state index in [-0.39, 0.29) is 26.2 Å². The second-order valence-electron chi connectivity index (χ2n) is 13.7. The van der Waals surface area contributed by atoms with Gasteiger partial charge in [-0.15, -0.1) is 0 Å². The van der Waals surface area contributed by atoms with Crippen molar-refractivity contribution in [3.8, 4) is 0 Å². The van der Waals surface area contributed by atoms with Gasteiger partial charge in [-0.3, -0.25) is 13.8 Å². The molecule has 0 saturated carbocycles. The van der Waals surface area contributed by atoms with Gasteiger partial charge in [0, 0.05) is 19.0 Å². The Labute approximate surface area is 334 Å². The van der Waals surface area contributed by atoms with E-state index in [1.165, 1.54) is 95.6 Å². The van der Waals surface area contributed by atoms with Crippen LogP contribution in [0.5, 0.6) is 0 Å². The Hall–Kier alpha value is -2.81. The van der Waals surface area contributed by atoms with Crippen LogP contribution in [-0.4, -0.2) is 49.3 Å². The van der Waals surface area contributed by atoms with E-state index in [0.717, 1.165) is 44.9 Å². The van der Waals surface area contributed by atoms with E-state index < -0.39 is 32.5 Å². The molecule has 10 heteroatoms. The summed E-state index contributed by atoms with van der Waals surface area (Å²) in [6, 6.07) is 0. The summed E-state index contributed by atoms with van der Waals surface area (Å²) in [5.41, 5.74) is 5.33. The third kappa shape index (κ3) is 40.7. The van der Waals surface area contributed by atoms with E-state index in [4.69, 9.17) is 24.3 Å². The number of rotatable bonds is 38. The average molecular weight is 790 g/mol. The second-order valence-corrected chi connectivity index (χ2v) is 15.2. The average Bonchev–Trinajstić information content (AvgIpc) is 3.17. The van der Waals surface area contributed by atoms with Gasteiger partial charge >= 0.3 is 19.8 Å². The van der Waals surface area contributed by atoms with Gasteiger partial charge in [0.05, 0.1) is 13.2 Å². The number of carbonyl (C=O) groups excluding carboxylic acids is 2. The van der Waals surface area contributed by atoms with Crippen molar-refractivity contribution in [3.63, 3.8) is 0 Å². The van der Waals surface area contributed by atoms with Crippen LogP contribution in [0.1, 0.15) is 155 Å². The molecule has 0 aliphatic carbocycles. The van der Waals surface area contributed by atoms with Crippen LogP contribution in [0.25, 0.3) is 0 Å². The van der Waals surface area contributed by atoms with Crippen molar-refractivity contribution in [1.82, 2.24) is 0 Å². The quantitative estimate of drug-likeness (QED) is 0.0156. The molecule has 0 aliphatic rings. The topological polar surface area (TPSA) is 134 Å². The number of phosphoric acid groups is 1. The smallest absolute Gasteiger partial charge is 0.458 e. The van der Waals surface area contributed by atoms with Gasteiger partial charge in [0.25, 0.3) is 0 Å². The number of carbonyl (C=O) groups is 2. The molecule has 0 aliphatic heterocycles. The Balaban J connectivity index is 4.44. The molecule has 9 nitrogen and oxygen atoms in total. The lowest BCUT2D eigenvalue weighted by molar-refractivity contribution is -0.159. The highest BCUT2D eigenvalue weighted by atomic mass is 31.2. The zero-order valence-electron chi connectivity index (χ0n) is 34.4. The summed E-state index contributed by atoms with van der Waals surface area (Å²) in [4.78, 5) is 34.7. The Kier molecular flexibility index (Phi) is 38.8. The molecular formula is C45H76NO8P. The first kappa shape index (κ1) is 52.2. The highest BCUT2D eigenvalue weighted by Gasteiger charge is 2.25. The van der Waals surface area contributed by atoms with Crippen LogP contribution < -0.4 is 5.73 Å². The third-order valence-corrected chi connectivity index (χ3v) is 9.48. The number of ether oxygens (including phenoxy) is 2. The molecule has 0 saturated heterocycles. The van der Waals surface area contributed by atoms with Gasteiger partial charge < -0.3 is 20.1 Å². The van der Waals surface area contributed by atoms with Crippen molar-refractivity contribution in [2.45, 2.75) is 161 Å². The summed E-state index contributed by atoms with van der Waals surface area (Å²) in [5.74, 6) is -1.16.